The molecule has 0 amide bonds. The van der Waals surface area contributed by atoms with Gasteiger partial charge in [-0.1, -0.05) is 279 Å². The fourth-order valence-electron chi connectivity index (χ4n) is 9.88. The summed E-state index contributed by atoms with van der Waals surface area (Å²) in [5, 5.41) is 10.5. The maximum absolute atomic E-state index is 13.0. The molecule has 0 saturated heterocycles. The summed E-state index contributed by atoms with van der Waals surface area (Å²) in [7, 11) is -9.89. The molecule has 0 fully saturated rings. The highest BCUT2D eigenvalue weighted by Gasteiger charge is 2.30. The van der Waals surface area contributed by atoms with Gasteiger partial charge in [-0.2, -0.15) is 0 Å². The van der Waals surface area contributed by atoms with Gasteiger partial charge < -0.3 is 33.8 Å². The number of hydrogen-bond donors (Lipinski definition) is 3. The second-order valence-corrected chi connectivity index (χ2v) is 27.7. The van der Waals surface area contributed by atoms with E-state index in [-0.39, 0.29) is 25.7 Å². The van der Waals surface area contributed by atoms with Gasteiger partial charge in [-0.05, 0) is 37.5 Å². The Hall–Kier alpha value is -1.94. The topological polar surface area (TPSA) is 237 Å². The Morgan fingerprint density at radius 3 is 0.800 bits per heavy atom. The van der Waals surface area contributed by atoms with Gasteiger partial charge in [0.25, 0.3) is 0 Å². The molecular formula is C66H128O17P2. The standard InChI is InChI=1S/C66H128O17P2/c1-7-9-11-13-15-17-19-22-26-29-36-42-48-63(68)76-54-61(82-66(71)51-45-39-31-27-23-20-21-24-28-34-40-46-58(3)4)56-80-84(72,73)78-52-60(67)53-79-85(74,75)81-57-62(55-77-64(69)49-43-37-33-32-35-41-47-59(5)6)83-65(70)50-44-38-30-25-18-16-14-12-10-8-2/h58-62,67H,7-57H2,1-6H3,(H,72,73)(H,74,75)/t60-,61-,62-/m1/s1. The van der Waals surface area contributed by atoms with Crippen LogP contribution >= 0.6 is 15.6 Å². The predicted molar refractivity (Wildman–Crippen MR) is 340 cm³/mol. The normalized spacial score (nSPS) is 14.2. The van der Waals surface area contributed by atoms with Gasteiger partial charge in [-0.25, -0.2) is 9.13 Å². The Morgan fingerprint density at radius 2 is 0.541 bits per heavy atom. The van der Waals surface area contributed by atoms with Crippen LogP contribution < -0.4 is 0 Å². The highest BCUT2D eigenvalue weighted by atomic mass is 31.2. The number of hydrogen-bond acceptors (Lipinski definition) is 15. The van der Waals surface area contributed by atoms with E-state index in [0.29, 0.717) is 31.6 Å². The van der Waals surface area contributed by atoms with E-state index in [1.807, 2.05) is 0 Å². The zero-order valence-electron chi connectivity index (χ0n) is 54.9. The van der Waals surface area contributed by atoms with Crippen molar-refractivity contribution in [3.05, 3.63) is 0 Å². The number of aliphatic hydroxyl groups is 1. The molecule has 0 aromatic heterocycles. The van der Waals surface area contributed by atoms with Gasteiger partial charge in [0, 0.05) is 25.7 Å². The van der Waals surface area contributed by atoms with E-state index in [1.54, 1.807) is 0 Å². The molecule has 0 rings (SSSR count). The number of carbonyl (C=O) groups excluding carboxylic acids is 4. The third-order valence-electron chi connectivity index (χ3n) is 15.2. The monoisotopic (exact) mass is 1250 g/mol. The quantitative estimate of drug-likeness (QED) is 0.0222. The van der Waals surface area contributed by atoms with Crippen LogP contribution in [0.1, 0.15) is 330 Å². The van der Waals surface area contributed by atoms with E-state index < -0.39 is 97.5 Å². The molecule has 17 nitrogen and oxygen atoms in total. The number of rotatable bonds is 65. The summed E-state index contributed by atoms with van der Waals surface area (Å²) in [6.45, 7) is 9.42. The van der Waals surface area contributed by atoms with Crippen LogP contribution in [0.2, 0.25) is 0 Å². The SMILES string of the molecule is CCCCCCCCCCCCCCC(=O)OC[C@H](COP(=O)(O)OC[C@@H](O)COP(=O)(O)OC[C@@H](COC(=O)CCCCCCCCC(C)C)OC(=O)CCCCCCCCCCCC)OC(=O)CCCCCCCCCCCCCC(C)C. The number of aliphatic hydroxyl groups excluding tert-OH is 1. The molecule has 0 aromatic carbocycles. The van der Waals surface area contributed by atoms with Crippen molar-refractivity contribution in [1.29, 1.82) is 0 Å². The summed E-state index contributed by atoms with van der Waals surface area (Å²) in [5.74, 6) is -0.686. The minimum absolute atomic E-state index is 0.105. The highest BCUT2D eigenvalue weighted by Crippen LogP contribution is 2.45. The van der Waals surface area contributed by atoms with Crippen molar-refractivity contribution in [2.24, 2.45) is 11.8 Å². The molecule has 0 aromatic rings. The number of phosphoric ester groups is 2. The molecule has 0 aliphatic carbocycles. The first-order chi connectivity index (χ1) is 40.9. The Balaban J connectivity index is 5.24. The predicted octanol–water partition coefficient (Wildman–Crippen LogP) is 18.4. The lowest BCUT2D eigenvalue weighted by molar-refractivity contribution is -0.161. The number of esters is 4. The minimum Gasteiger partial charge on any atom is -0.462 e. The molecular weight excluding hydrogens is 1130 g/mol. The number of phosphoric acid groups is 2. The molecule has 19 heteroatoms. The van der Waals surface area contributed by atoms with E-state index >= 15 is 0 Å². The zero-order chi connectivity index (χ0) is 62.9. The van der Waals surface area contributed by atoms with Gasteiger partial charge in [0.05, 0.1) is 26.4 Å². The van der Waals surface area contributed by atoms with Crippen molar-refractivity contribution >= 4 is 39.5 Å². The smallest absolute Gasteiger partial charge is 0.462 e. The van der Waals surface area contributed by atoms with Crippen molar-refractivity contribution in [3.63, 3.8) is 0 Å². The molecule has 2 unspecified atom stereocenters. The second kappa shape index (κ2) is 58.4. The summed E-state index contributed by atoms with van der Waals surface area (Å²) < 4.78 is 68.1. The number of carbonyl (C=O) groups is 4. The second-order valence-electron chi connectivity index (χ2n) is 24.8. The van der Waals surface area contributed by atoms with Crippen molar-refractivity contribution in [3.8, 4) is 0 Å². The molecule has 0 saturated carbocycles. The Morgan fingerprint density at radius 1 is 0.318 bits per heavy atom. The lowest BCUT2D eigenvalue weighted by Gasteiger charge is -2.21. The van der Waals surface area contributed by atoms with E-state index in [9.17, 15) is 43.2 Å². The molecule has 0 aliphatic rings. The average molecular weight is 1260 g/mol. The van der Waals surface area contributed by atoms with Crippen LogP contribution in [-0.4, -0.2) is 96.7 Å². The molecule has 0 bridgehead atoms. The van der Waals surface area contributed by atoms with Crippen molar-refractivity contribution in [1.82, 2.24) is 0 Å². The van der Waals surface area contributed by atoms with Gasteiger partial charge in [0.1, 0.15) is 19.3 Å². The molecule has 3 N–H and O–H groups in total. The molecule has 504 valence electrons. The average Bonchev–Trinajstić information content (AvgIpc) is 3.49. The molecule has 85 heavy (non-hydrogen) atoms. The van der Waals surface area contributed by atoms with Crippen LogP contribution in [0.4, 0.5) is 0 Å². The van der Waals surface area contributed by atoms with E-state index in [0.717, 1.165) is 102 Å². The lowest BCUT2D eigenvalue weighted by atomic mass is 10.0. The van der Waals surface area contributed by atoms with Crippen LogP contribution in [-0.2, 0) is 65.4 Å². The maximum Gasteiger partial charge on any atom is 0.472 e. The van der Waals surface area contributed by atoms with E-state index in [1.165, 1.54) is 141 Å². The third-order valence-corrected chi connectivity index (χ3v) is 17.1. The Bertz CT molecular complexity index is 1670. The van der Waals surface area contributed by atoms with Gasteiger partial charge in [-0.15, -0.1) is 0 Å². The first-order valence-electron chi connectivity index (χ1n) is 34.5. The van der Waals surface area contributed by atoms with E-state index in [4.69, 9.17) is 37.0 Å². The van der Waals surface area contributed by atoms with Crippen LogP contribution in [0.5, 0.6) is 0 Å². The lowest BCUT2D eigenvalue weighted by Crippen LogP contribution is -2.30. The molecule has 0 radical (unpaired) electrons. The van der Waals surface area contributed by atoms with Crippen LogP contribution in [0.15, 0.2) is 0 Å². The molecule has 0 aliphatic heterocycles. The molecule has 5 atom stereocenters. The van der Waals surface area contributed by atoms with Crippen LogP contribution in [0.3, 0.4) is 0 Å². The summed E-state index contributed by atoms with van der Waals surface area (Å²) in [6.07, 6.45) is 41.7. The maximum atomic E-state index is 13.0. The van der Waals surface area contributed by atoms with Crippen molar-refractivity contribution in [2.45, 2.75) is 349 Å². The van der Waals surface area contributed by atoms with Crippen molar-refractivity contribution < 1.29 is 80.2 Å². The Kier molecular flexibility index (Phi) is 57.1. The van der Waals surface area contributed by atoms with Gasteiger partial charge in [-0.3, -0.25) is 37.3 Å². The fraction of sp³-hybridized carbons (Fsp3) is 0.939. The van der Waals surface area contributed by atoms with Gasteiger partial charge >= 0.3 is 39.5 Å². The third kappa shape index (κ3) is 60.7. The Labute approximate surface area is 517 Å². The summed E-state index contributed by atoms with van der Waals surface area (Å²) in [5.41, 5.74) is 0. The number of unbranched alkanes of at least 4 members (excludes halogenated alkanes) is 35. The van der Waals surface area contributed by atoms with Gasteiger partial charge in [0.2, 0.25) is 0 Å². The largest absolute Gasteiger partial charge is 0.472 e. The zero-order valence-corrected chi connectivity index (χ0v) is 56.7. The van der Waals surface area contributed by atoms with Crippen molar-refractivity contribution in [2.75, 3.05) is 39.6 Å². The minimum atomic E-state index is -4.95. The fourth-order valence-corrected chi connectivity index (χ4v) is 11.5. The first kappa shape index (κ1) is 83.1. The van der Waals surface area contributed by atoms with Crippen LogP contribution in [0, 0.1) is 11.8 Å². The van der Waals surface area contributed by atoms with Gasteiger partial charge in [0.15, 0.2) is 12.2 Å². The highest BCUT2D eigenvalue weighted by molar-refractivity contribution is 7.47. The number of ether oxygens (including phenoxy) is 4. The molecule has 0 heterocycles. The summed E-state index contributed by atoms with van der Waals surface area (Å²) in [4.78, 5) is 72.3. The summed E-state index contributed by atoms with van der Waals surface area (Å²) in [6, 6.07) is 0. The molecule has 0 spiro atoms. The summed E-state index contributed by atoms with van der Waals surface area (Å²) >= 11 is 0. The first-order valence-corrected chi connectivity index (χ1v) is 37.5. The van der Waals surface area contributed by atoms with E-state index in [2.05, 4.69) is 41.5 Å². The van der Waals surface area contributed by atoms with Crippen LogP contribution in [0.25, 0.3) is 0 Å².